The summed E-state index contributed by atoms with van der Waals surface area (Å²) in [6.45, 7) is 4.49. The summed E-state index contributed by atoms with van der Waals surface area (Å²) in [6, 6.07) is 2.58. The van der Waals surface area contributed by atoms with Gasteiger partial charge in [-0.2, -0.15) is 0 Å². The third-order valence-electron chi connectivity index (χ3n) is 2.66. The summed E-state index contributed by atoms with van der Waals surface area (Å²) in [5, 5.41) is 5.42. The first-order chi connectivity index (χ1) is 6.72. The first-order valence-corrected chi connectivity index (χ1v) is 5.90. The van der Waals surface area contributed by atoms with Gasteiger partial charge in [0.15, 0.2) is 0 Å². The van der Waals surface area contributed by atoms with Gasteiger partial charge in [0.05, 0.1) is 7.11 Å². The summed E-state index contributed by atoms with van der Waals surface area (Å²) in [5.74, 6) is 1.62. The lowest BCUT2D eigenvalue weighted by atomic mass is 9.98. The van der Waals surface area contributed by atoms with Crippen molar-refractivity contribution in [2.45, 2.75) is 26.3 Å². The minimum atomic E-state index is 0.453. The van der Waals surface area contributed by atoms with Gasteiger partial charge in [0, 0.05) is 16.3 Å². The van der Waals surface area contributed by atoms with Crippen LogP contribution >= 0.6 is 11.3 Å². The van der Waals surface area contributed by atoms with Crippen LogP contribution in [-0.4, -0.2) is 14.2 Å². The first kappa shape index (κ1) is 11.5. The van der Waals surface area contributed by atoms with E-state index in [9.17, 15) is 0 Å². The Hall–Kier alpha value is -0.540. The Balaban J connectivity index is 2.78. The number of hydrogen-bond acceptors (Lipinski definition) is 3. The highest BCUT2D eigenvalue weighted by Crippen LogP contribution is 2.31. The maximum Gasteiger partial charge on any atom is 0.129 e. The molecule has 0 aliphatic carbocycles. The highest BCUT2D eigenvalue weighted by atomic mass is 32.1. The van der Waals surface area contributed by atoms with Crippen molar-refractivity contribution in [3.8, 4) is 5.75 Å². The van der Waals surface area contributed by atoms with E-state index in [0.29, 0.717) is 12.0 Å². The van der Waals surface area contributed by atoms with Crippen molar-refractivity contribution in [3.63, 3.8) is 0 Å². The smallest absolute Gasteiger partial charge is 0.129 e. The van der Waals surface area contributed by atoms with Crippen molar-refractivity contribution in [1.29, 1.82) is 0 Å². The summed E-state index contributed by atoms with van der Waals surface area (Å²) >= 11 is 1.76. The maximum atomic E-state index is 5.19. The molecule has 0 saturated carbocycles. The largest absolute Gasteiger partial charge is 0.496 e. The lowest BCUT2D eigenvalue weighted by Crippen LogP contribution is -2.21. The average molecular weight is 213 g/mol. The number of hydrogen-bond donors (Lipinski definition) is 1. The van der Waals surface area contributed by atoms with Crippen molar-refractivity contribution in [2.75, 3.05) is 14.2 Å². The van der Waals surface area contributed by atoms with Crippen molar-refractivity contribution < 1.29 is 4.74 Å². The fourth-order valence-corrected chi connectivity index (χ4v) is 2.64. The van der Waals surface area contributed by atoms with Crippen LogP contribution in [0.5, 0.6) is 5.75 Å². The zero-order chi connectivity index (χ0) is 10.6. The lowest BCUT2D eigenvalue weighted by Gasteiger charge is -2.20. The summed E-state index contributed by atoms with van der Waals surface area (Å²) in [5.41, 5.74) is 0. The minimum absolute atomic E-state index is 0.453. The van der Waals surface area contributed by atoms with Crippen molar-refractivity contribution in [3.05, 3.63) is 16.3 Å². The molecule has 0 aliphatic rings. The third-order valence-corrected chi connectivity index (χ3v) is 3.66. The number of rotatable bonds is 5. The standard InChI is InChI=1S/C11H19NOS/c1-5-8(2)11(12-3)10-6-9(13-4)7-14-10/h6-8,11-12H,5H2,1-4H3. The van der Waals surface area contributed by atoms with E-state index in [4.69, 9.17) is 4.74 Å². The third kappa shape index (κ3) is 2.49. The van der Waals surface area contributed by atoms with Crippen LogP contribution < -0.4 is 10.1 Å². The molecule has 2 nitrogen and oxygen atoms in total. The van der Waals surface area contributed by atoms with Crippen LogP contribution in [0.25, 0.3) is 0 Å². The molecule has 1 aromatic heterocycles. The fourth-order valence-electron chi connectivity index (χ4n) is 1.55. The second kappa shape index (κ2) is 5.37. The minimum Gasteiger partial charge on any atom is -0.496 e. The molecule has 2 unspecified atom stereocenters. The van der Waals surface area contributed by atoms with Gasteiger partial charge in [-0.3, -0.25) is 0 Å². The van der Waals surface area contributed by atoms with E-state index in [1.807, 2.05) is 7.05 Å². The Kier molecular flexibility index (Phi) is 4.42. The van der Waals surface area contributed by atoms with Crippen LogP contribution in [0.3, 0.4) is 0 Å². The average Bonchev–Trinajstić information content (AvgIpc) is 2.67. The van der Waals surface area contributed by atoms with Crippen molar-refractivity contribution in [2.24, 2.45) is 5.92 Å². The number of methoxy groups -OCH3 is 1. The van der Waals surface area contributed by atoms with Gasteiger partial charge in [-0.1, -0.05) is 20.3 Å². The topological polar surface area (TPSA) is 21.3 Å². The monoisotopic (exact) mass is 213 g/mol. The predicted molar refractivity (Wildman–Crippen MR) is 62.1 cm³/mol. The number of nitrogens with one attached hydrogen (secondary N) is 1. The molecule has 0 spiro atoms. The molecule has 1 heterocycles. The van der Waals surface area contributed by atoms with E-state index in [-0.39, 0.29) is 0 Å². The highest BCUT2D eigenvalue weighted by Gasteiger charge is 2.17. The van der Waals surface area contributed by atoms with Gasteiger partial charge in [0.1, 0.15) is 5.75 Å². The Labute approximate surface area is 90.3 Å². The van der Waals surface area contributed by atoms with E-state index in [0.717, 1.165) is 5.75 Å². The molecule has 0 fully saturated rings. The molecule has 1 rings (SSSR count). The van der Waals surface area contributed by atoms with Gasteiger partial charge in [-0.15, -0.1) is 11.3 Å². The van der Waals surface area contributed by atoms with Crippen LogP contribution in [0.1, 0.15) is 31.2 Å². The SMILES string of the molecule is CCC(C)C(NC)c1cc(OC)cs1. The van der Waals surface area contributed by atoms with Gasteiger partial charge in [0.25, 0.3) is 0 Å². The number of ether oxygens (including phenoxy) is 1. The Morgan fingerprint density at radius 1 is 1.57 bits per heavy atom. The quantitative estimate of drug-likeness (QED) is 0.811. The van der Waals surface area contributed by atoms with Crippen LogP contribution in [0.2, 0.25) is 0 Å². The van der Waals surface area contributed by atoms with Crippen LogP contribution in [0.4, 0.5) is 0 Å². The molecule has 0 amide bonds. The van der Waals surface area contributed by atoms with E-state index in [1.54, 1.807) is 18.4 Å². The predicted octanol–water partition coefficient (Wildman–Crippen LogP) is 3.06. The molecule has 0 radical (unpaired) electrons. The molecule has 1 N–H and O–H groups in total. The molecule has 2 atom stereocenters. The van der Waals surface area contributed by atoms with Gasteiger partial charge in [-0.25, -0.2) is 0 Å². The summed E-state index contributed by atoms with van der Waals surface area (Å²) in [7, 11) is 3.73. The molecule has 80 valence electrons. The van der Waals surface area contributed by atoms with Gasteiger partial charge in [0.2, 0.25) is 0 Å². The summed E-state index contributed by atoms with van der Waals surface area (Å²) in [6.07, 6.45) is 1.19. The molecule has 0 saturated heterocycles. The summed E-state index contributed by atoms with van der Waals surface area (Å²) in [4.78, 5) is 1.36. The van der Waals surface area contributed by atoms with E-state index < -0.39 is 0 Å². The number of thiophene rings is 1. The summed E-state index contributed by atoms with van der Waals surface area (Å²) < 4.78 is 5.19. The van der Waals surface area contributed by atoms with Gasteiger partial charge >= 0.3 is 0 Å². The maximum absolute atomic E-state index is 5.19. The van der Waals surface area contributed by atoms with Crippen LogP contribution in [0, 0.1) is 5.92 Å². The van der Waals surface area contributed by atoms with E-state index >= 15 is 0 Å². The molecule has 0 aliphatic heterocycles. The Morgan fingerprint density at radius 3 is 2.71 bits per heavy atom. The molecular formula is C11H19NOS. The highest BCUT2D eigenvalue weighted by molar-refractivity contribution is 7.10. The van der Waals surface area contributed by atoms with Gasteiger partial charge < -0.3 is 10.1 Å². The second-order valence-electron chi connectivity index (χ2n) is 3.54. The zero-order valence-corrected chi connectivity index (χ0v) is 10.1. The Bertz CT molecular complexity index is 272. The fraction of sp³-hybridized carbons (Fsp3) is 0.636. The van der Waals surface area contributed by atoms with Crippen molar-refractivity contribution in [1.82, 2.24) is 5.32 Å². The lowest BCUT2D eigenvalue weighted by molar-refractivity contribution is 0.399. The molecule has 14 heavy (non-hydrogen) atoms. The van der Waals surface area contributed by atoms with Crippen molar-refractivity contribution >= 4 is 11.3 Å². The molecule has 3 heteroatoms. The molecule has 1 aromatic rings. The molecule has 0 bridgehead atoms. The second-order valence-corrected chi connectivity index (χ2v) is 4.48. The first-order valence-electron chi connectivity index (χ1n) is 5.02. The zero-order valence-electron chi connectivity index (χ0n) is 9.33. The molecular weight excluding hydrogens is 194 g/mol. The normalized spacial score (nSPS) is 15.1. The Morgan fingerprint density at radius 2 is 2.29 bits per heavy atom. The van der Waals surface area contributed by atoms with Crippen LogP contribution in [-0.2, 0) is 0 Å². The van der Waals surface area contributed by atoms with E-state index in [2.05, 4.69) is 30.6 Å². The van der Waals surface area contributed by atoms with Gasteiger partial charge in [-0.05, 0) is 19.0 Å². The van der Waals surface area contributed by atoms with Crippen LogP contribution in [0.15, 0.2) is 11.4 Å². The van der Waals surface area contributed by atoms with E-state index in [1.165, 1.54) is 11.3 Å². The molecule has 0 aromatic carbocycles.